The zero-order valence-corrected chi connectivity index (χ0v) is 20.1. The van der Waals surface area contributed by atoms with Crippen LogP contribution in [0.5, 0.6) is 5.75 Å². The lowest BCUT2D eigenvalue weighted by molar-refractivity contribution is -0.113. The monoisotopic (exact) mass is 424 g/mol. The van der Waals surface area contributed by atoms with Crippen LogP contribution in [0.3, 0.4) is 0 Å². The summed E-state index contributed by atoms with van der Waals surface area (Å²) in [5.41, 5.74) is 10.3. The second kappa shape index (κ2) is 8.09. The van der Waals surface area contributed by atoms with E-state index in [2.05, 4.69) is 78.5 Å². The Balaban J connectivity index is 2.06. The first-order valence-corrected chi connectivity index (χ1v) is 11.3. The Labute approximate surface area is 192 Å². The molecule has 2 aliphatic rings. The van der Waals surface area contributed by atoms with E-state index in [1.165, 1.54) is 11.1 Å². The Morgan fingerprint density at radius 1 is 1.16 bits per heavy atom. The van der Waals surface area contributed by atoms with Crippen molar-refractivity contribution in [3.05, 3.63) is 93.6 Å². The van der Waals surface area contributed by atoms with E-state index in [0.29, 0.717) is 6.42 Å². The number of benzene rings is 2. The average molecular weight is 425 g/mol. The van der Waals surface area contributed by atoms with Crippen LogP contribution in [0, 0.1) is 13.8 Å². The Morgan fingerprint density at radius 2 is 1.84 bits per heavy atom. The third kappa shape index (κ3) is 3.79. The van der Waals surface area contributed by atoms with Crippen LogP contribution in [0.4, 0.5) is 0 Å². The van der Waals surface area contributed by atoms with Gasteiger partial charge in [-0.2, -0.15) is 0 Å². The number of allylic oxidation sites excluding steroid dienone is 5. The minimum Gasteiger partial charge on any atom is -0.483 e. The zero-order chi connectivity index (χ0) is 23.2. The molecule has 0 fully saturated rings. The van der Waals surface area contributed by atoms with E-state index >= 15 is 0 Å². The SMILES string of the molecule is C=CC1=C(c2ccc(C)cc2)C(=O)Cc2c(CC=C(C)C)c3c(c(C)c21)C=CC(C)(C)O3. The number of rotatable bonds is 4. The highest BCUT2D eigenvalue weighted by Crippen LogP contribution is 2.47. The van der Waals surface area contributed by atoms with Gasteiger partial charge in [0.2, 0.25) is 0 Å². The summed E-state index contributed by atoms with van der Waals surface area (Å²) in [6, 6.07) is 8.20. The molecule has 0 saturated carbocycles. The third-order valence-corrected chi connectivity index (χ3v) is 6.39. The van der Waals surface area contributed by atoms with Gasteiger partial charge < -0.3 is 4.74 Å². The molecule has 0 N–H and O–H groups in total. The summed E-state index contributed by atoms with van der Waals surface area (Å²) in [5.74, 6) is 1.06. The molecule has 0 spiro atoms. The average Bonchev–Trinajstić information content (AvgIpc) is 2.72. The minimum absolute atomic E-state index is 0.139. The summed E-state index contributed by atoms with van der Waals surface area (Å²) < 4.78 is 6.49. The second-order valence-electron chi connectivity index (χ2n) is 9.68. The summed E-state index contributed by atoms with van der Waals surface area (Å²) in [5, 5.41) is 0. The van der Waals surface area contributed by atoms with Crippen molar-refractivity contribution in [2.75, 3.05) is 0 Å². The molecule has 164 valence electrons. The van der Waals surface area contributed by atoms with Gasteiger partial charge in [-0.1, -0.05) is 60.2 Å². The number of ketones is 1. The largest absolute Gasteiger partial charge is 0.483 e. The maximum atomic E-state index is 13.5. The van der Waals surface area contributed by atoms with Crippen molar-refractivity contribution in [2.24, 2.45) is 0 Å². The molecule has 4 rings (SSSR count). The van der Waals surface area contributed by atoms with Crippen LogP contribution in [0.1, 0.15) is 66.6 Å². The summed E-state index contributed by atoms with van der Waals surface area (Å²) in [6.07, 6.45) is 9.50. The van der Waals surface area contributed by atoms with Gasteiger partial charge in [0, 0.05) is 23.1 Å². The molecular formula is C30H32O2. The van der Waals surface area contributed by atoms with E-state index < -0.39 is 0 Å². The summed E-state index contributed by atoms with van der Waals surface area (Å²) in [7, 11) is 0. The van der Waals surface area contributed by atoms with Crippen molar-refractivity contribution >= 4 is 23.0 Å². The molecule has 2 aromatic rings. The minimum atomic E-state index is -0.379. The maximum Gasteiger partial charge on any atom is 0.168 e. The van der Waals surface area contributed by atoms with Crippen molar-refractivity contribution in [1.82, 2.24) is 0 Å². The molecule has 32 heavy (non-hydrogen) atoms. The summed E-state index contributed by atoms with van der Waals surface area (Å²) in [4.78, 5) is 13.5. The molecule has 0 amide bonds. The highest BCUT2D eigenvalue weighted by molar-refractivity contribution is 6.32. The number of Topliss-reactive ketones (excluding diaryl/α,β-unsaturated/α-hetero) is 1. The third-order valence-electron chi connectivity index (χ3n) is 6.39. The van der Waals surface area contributed by atoms with Crippen LogP contribution in [0.25, 0.3) is 17.2 Å². The van der Waals surface area contributed by atoms with Gasteiger partial charge in [-0.3, -0.25) is 4.79 Å². The fourth-order valence-corrected chi connectivity index (χ4v) is 4.73. The highest BCUT2D eigenvalue weighted by atomic mass is 16.5. The Bertz CT molecular complexity index is 1210. The van der Waals surface area contributed by atoms with E-state index in [-0.39, 0.29) is 11.4 Å². The molecule has 0 unspecified atom stereocenters. The number of aryl methyl sites for hydroxylation is 1. The van der Waals surface area contributed by atoms with Gasteiger partial charge in [-0.15, -0.1) is 0 Å². The first-order chi connectivity index (χ1) is 15.1. The second-order valence-corrected chi connectivity index (χ2v) is 9.68. The molecule has 0 aromatic heterocycles. The van der Waals surface area contributed by atoms with Crippen LogP contribution in [-0.4, -0.2) is 11.4 Å². The smallest absolute Gasteiger partial charge is 0.168 e. The molecular weight excluding hydrogens is 392 g/mol. The van der Waals surface area contributed by atoms with Crippen LogP contribution in [-0.2, 0) is 17.6 Å². The Morgan fingerprint density at radius 3 is 2.47 bits per heavy atom. The normalized spacial score (nSPS) is 16.2. The van der Waals surface area contributed by atoms with Gasteiger partial charge in [0.05, 0.1) is 0 Å². The van der Waals surface area contributed by atoms with Crippen LogP contribution in [0.15, 0.2) is 54.6 Å². The highest BCUT2D eigenvalue weighted by Gasteiger charge is 2.34. The molecule has 0 bridgehead atoms. The van der Waals surface area contributed by atoms with Gasteiger partial charge in [-0.05, 0) is 81.9 Å². The van der Waals surface area contributed by atoms with Crippen LogP contribution in [0.2, 0.25) is 0 Å². The summed E-state index contributed by atoms with van der Waals surface area (Å²) in [6.45, 7) is 16.7. The predicted octanol–water partition coefficient (Wildman–Crippen LogP) is 7.22. The van der Waals surface area contributed by atoms with E-state index in [0.717, 1.165) is 56.7 Å². The van der Waals surface area contributed by atoms with Gasteiger partial charge >= 0.3 is 0 Å². The van der Waals surface area contributed by atoms with Crippen molar-refractivity contribution in [3.63, 3.8) is 0 Å². The zero-order valence-electron chi connectivity index (χ0n) is 20.1. The van der Waals surface area contributed by atoms with Gasteiger partial charge in [0.1, 0.15) is 11.4 Å². The van der Waals surface area contributed by atoms with Crippen molar-refractivity contribution in [3.8, 4) is 5.75 Å². The molecule has 1 aliphatic heterocycles. The van der Waals surface area contributed by atoms with Crippen molar-refractivity contribution in [1.29, 1.82) is 0 Å². The quantitative estimate of drug-likeness (QED) is 0.484. The molecule has 2 nitrogen and oxygen atoms in total. The number of carbonyl (C=O) groups excluding carboxylic acids is 1. The lowest BCUT2D eigenvalue weighted by Gasteiger charge is -2.34. The topological polar surface area (TPSA) is 26.3 Å². The molecule has 2 aromatic carbocycles. The first-order valence-electron chi connectivity index (χ1n) is 11.3. The van der Waals surface area contributed by atoms with Gasteiger partial charge in [-0.25, -0.2) is 0 Å². The molecule has 0 saturated heterocycles. The van der Waals surface area contributed by atoms with Crippen LogP contribution < -0.4 is 4.74 Å². The number of hydrogen-bond donors (Lipinski definition) is 0. The van der Waals surface area contributed by atoms with Gasteiger partial charge in [0.15, 0.2) is 5.78 Å². The fourth-order valence-electron chi connectivity index (χ4n) is 4.73. The Hall–Kier alpha value is -3.13. The molecule has 1 heterocycles. The van der Waals surface area contributed by atoms with E-state index in [4.69, 9.17) is 4.74 Å². The van der Waals surface area contributed by atoms with Crippen molar-refractivity contribution < 1.29 is 9.53 Å². The number of hydrogen-bond acceptors (Lipinski definition) is 2. The van der Waals surface area contributed by atoms with E-state index in [1.54, 1.807) is 0 Å². The lowest BCUT2D eigenvalue weighted by atomic mass is 9.75. The van der Waals surface area contributed by atoms with E-state index in [9.17, 15) is 4.79 Å². The van der Waals surface area contributed by atoms with Crippen LogP contribution >= 0.6 is 0 Å². The number of ether oxygens (including phenoxy) is 1. The molecule has 2 heteroatoms. The molecule has 0 radical (unpaired) electrons. The fraction of sp³-hybridized carbons (Fsp3) is 0.300. The molecule has 0 atom stereocenters. The number of carbonyl (C=O) groups is 1. The summed E-state index contributed by atoms with van der Waals surface area (Å²) >= 11 is 0. The lowest BCUT2D eigenvalue weighted by Crippen LogP contribution is -2.30. The standard InChI is InChI=1S/C30H32O2/c1-8-22-27-20(5)23-15-16-30(6,7)32-29(23)24(14-9-18(2)3)25(27)17-26(31)28(22)21-12-10-19(4)11-13-21/h8-13,15-16H,1,14,17H2,2-7H3. The predicted molar refractivity (Wildman–Crippen MR) is 135 cm³/mol. The van der Waals surface area contributed by atoms with Gasteiger partial charge in [0.25, 0.3) is 0 Å². The maximum absolute atomic E-state index is 13.5. The first kappa shape index (κ1) is 22.1. The number of fused-ring (bicyclic) bond motifs is 2. The molecule has 1 aliphatic carbocycles. The Kier molecular flexibility index (Phi) is 5.58. The van der Waals surface area contributed by atoms with Crippen molar-refractivity contribution in [2.45, 2.75) is 60.0 Å². The van der Waals surface area contributed by atoms with E-state index in [1.807, 2.05) is 18.2 Å².